The lowest BCUT2D eigenvalue weighted by Gasteiger charge is -2.04. The lowest BCUT2D eigenvalue weighted by Crippen LogP contribution is -2.21. The van der Waals surface area contributed by atoms with Crippen molar-refractivity contribution in [3.63, 3.8) is 0 Å². The van der Waals surface area contributed by atoms with Crippen LogP contribution in [0.5, 0.6) is 0 Å². The van der Waals surface area contributed by atoms with Crippen LogP contribution in [0.15, 0.2) is 30.3 Å². The predicted molar refractivity (Wildman–Crippen MR) is 55.8 cm³/mol. The van der Waals surface area contributed by atoms with Crippen molar-refractivity contribution in [3.05, 3.63) is 35.9 Å². The van der Waals surface area contributed by atoms with E-state index in [1.165, 1.54) is 0 Å². The van der Waals surface area contributed by atoms with Crippen LogP contribution >= 0.6 is 11.8 Å². The van der Waals surface area contributed by atoms with E-state index >= 15 is 0 Å². The largest absolute Gasteiger partial charge is 0.393 e. The molecule has 2 N–H and O–H groups in total. The molecule has 0 spiro atoms. The van der Waals surface area contributed by atoms with Gasteiger partial charge in [-0.15, -0.1) is 0 Å². The van der Waals surface area contributed by atoms with Crippen molar-refractivity contribution >= 4 is 16.9 Å². The molecule has 0 unspecified atom stereocenters. The molecule has 76 valence electrons. The number of aliphatic hydroxyl groups excluding tert-OH is 1. The van der Waals surface area contributed by atoms with Gasteiger partial charge < -0.3 is 10.2 Å². The summed E-state index contributed by atoms with van der Waals surface area (Å²) in [6.07, 6.45) is -2.01. The second kappa shape index (κ2) is 5.80. The van der Waals surface area contributed by atoms with Gasteiger partial charge in [0, 0.05) is 5.75 Å². The molecule has 0 aliphatic heterocycles. The van der Waals surface area contributed by atoms with Crippen LogP contribution in [0.4, 0.5) is 0 Å². The predicted octanol–water partition coefficient (Wildman–Crippen LogP) is 0.800. The average molecular weight is 214 g/mol. The first-order valence-electron chi connectivity index (χ1n) is 5.02. The van der Waals surface area contributed by atoms with Crippen molar-refractivity contribution in [2.24, 2.45) is 0 Å². The zero-order valence-electron chi connectivity index (χ0n) is 9.38. The fraction of sp³-hybridized carbons (Fsp3) is 0.300. The molecule has 0 saturated carbocycles. The van der Waals surface area contributed by atoms with E-state index in [9.17, 15) is 4.79 Å². The Balaban J connectivity index is 2.48. The molecule has 0 saturated heterocycles. The molecule has 1 atom stereocenters. The Bertz CT molecular complexity index is 351. The number of benzene rings is 1. The van der Waals surface area contributed by atoms with Gasteiger partial charge in [-0.1, -0.05) is 42.1 Å². The molecule has 1 rings (SSSR count). The molecule has 0 heterocycles. The molecular formula is C10H12O3S. The Labute approximate surface area is 89.6 Å². The van der Waals surface area contributed by atoms with E-state index in [2.05, 4.69) is 0 Å². The standard InChI is InChI=1S/C10H12O3S/c11-6-9(12)10(13)14-7-8-4-2-1-3-5-8/h1-5,9,11-12H,6-7H2/t9-/m1/s1/i6D2. The van der Waals surface area contributed by atoms with Crippen molar-refractivity contribution in [2.75, 3.05) is 6.56 Å². The number of thioether (sulfide) groups is 1. The van der Waals surface area contributed by atoms with Crippen LogP contribution in [0.3, 0.4) is 0 Å². The molecule has 0 bridgehead atoms. The molecule has 0 fully saturated rings. The zero-order valence-corrected chi connectivity index (χ0v) is 8.20. The number of hydrogen-bond donors (Lipinski definition) is 2. The Kier molecular flexibility index (Phi) is 3.51. The summed E-state index contributed by atoms with van der Waals surface area (Å²) in [6.45, 7) is -2.89. The maximum atomic E-state index is 11.3. The van der Waals surface area contributed by atoms with Gasteiger partial charge in [0.15, 0.2) is 0 Å². The van der Waals surface area contributed by atoms with Crippen LogP contribution in [0.1, 0.15) is 8.30 Å². The molecule has 0 aliphatic rings. The average Bonchev–Trinajstić information content (AvgIpc) is 2.25. The third-order valence-corrected chi connectivity index (χ3v) is 2.55. The van der Waals surface area contributed by atoms with Crippen molar-refractivity contribution in [3.8, 4) is 0 Å². The second-order valence-electron chi connectivity index (χ2n) is 2.62. The first-order chi connectivity index (χ1) is 7.41. The molecule has 0 aliphatic carbocycles. The summed E-state index contributed by atoms with van der Waals surface area (Å²) in [5, 5.41) is 17.2. The summed E-state index contributed by atoms with van der Waals surface area (Å²) in [5.41, 5.74) is 0.895. The fourth-order valence-electron chi connectivity index (χ4n) is 0.860. The monoisotopic (exact) mass is 214 g/mol. The van der Waals surface area contributed by atoms with Crippen molar-refractivity contribution in [1.29, 1.82) is 0 Å². The molecular weight excluding hydrogens is 200 g/mol. The van der Waals surface area contributed by atoms with Crippen molar-refractivity contribution in [2.45, 2.75) is 11.9 Å². The molecule has 0 amide bonds. The molecule has 14 heavy (non-hydrogen) atoms. The number of aliphatic hydroxyl groups is 2. The molecule has 4 heteroatoms. The highest BCUT2D eigenvalue weighted by Crippen LogP contribution is 2.14. The maximum Gasteiger partial charge on any atom is 0.220 e. The minimum atomic E-state index is -2.89. The molecule has 3 nitrogen and oxygen atoms in total. The topological polar surface area (TPSA) is 57.5 Å². The van der Waals surface area contributed by atoms with Crippen LogP contribution in [0, 0.1) is 0 Å². The summed E-state index contributed by atoms with van der Waals surface area (Å²) in [4.78, 5) is 11.3. The molecule has 0 radical (unpaired) electrons. The number of rotatable bonds is 4. The van der Waals surface area contributed by atoms with E-state index in [-0.39, 0.29) is 0 Å². The normalized spacial score (nSPS) is 15.6. The van der Waals surface area contributed by atoms with E-state index in [0.29, 0.717) is 5.75 Å². The van der Waals surface area contributed by atoms with E-state index in [1.807, 2.05) is 30.3 Å². The van der Waals surface area contributed by atoms with Gasteiger partial charge in [-0.05, 0) is 5.56 Å². The van der Waals surface area contributed by atoms with Crippen LogP contribution in [-0.2, 0) is 10.5 Å². The van der Waals surface area contributed by atoms with Crippen LogP contribution in [0.2, 0.25) is 0 Å². The molecule has 1 aromatic carbocycles. The van der Waals surface area contributed by atoms with Gasteiger partial charge in [-0.2, -0.15) is 0 Å². The second-order valence-corrected chi connectivity index (χ2v) is 3.60. The van der Waals surface area contributed by atoms with Crippen molar-refractivity contribution < 1.29 is 17.7 Å². The van der Waals surface area contributed by atoms with Crippen LogP contribution in [-0.4, -0.2) is 28.0 Å². The quantitative estimate of drug-likeness (QED) is 0.778. The van der Waals surface area contributed by atoms with Gasteiger partial charge in [-0.3, -0.25) is 4.79 Å². The fourth-order valence-corrected chi connectivity index (χ4v) is 1.57. The van der Waals surface area contributed by atoms with Gasteiger partial charge in [0.25, 0.3) is 0 Å². The summed E-state index contributed by atoms with van der Waals surface area (Å²) >= 11 is 0.776. The van der Waals surface area contributed by atoms with Gasteiger partial charge in [-0.25, -0.2) is 0 Å². The Morgan fingerprint density at radius 3 is 2.71 bits per heavy atom. The minimum Gasteiger partial charge on any atom is -0.393 e. The summed E-state index contributed by atoms with van der Waals surface area (Å²) in [5.74, 6) is 0.340. The van der Waals surface area contributed by atoms with Gasteiger partial charge in [0.05, 0.1) is 9.30 Å². The first kappa shape index (κ1) is 8.47. The van der Waals surface area contributed by atoms with Crippen molar-refractivity contribution in [1.82, 2.24) is 0 Å². The van der Waals surface area contributed by atoms with E-state index in [1.54, 1.807) is 0 Å². The Hall–Kier alpha value is -0.840. The third-order valence-electron chi connectivity index (χ3n) is 1.57. The van der Waals surface area contributed by atoms with Crippen LogP contribution < -0.4 is 0 Å². The van der Waals surface area contributed by atoms with E-state index in [0.717, 1.165) is 17.3 Å². The zero-order chi connectivity index (χ0) is 12.2. The Morgan fingerprint density at radius 1 is 1.50 bits per heavy atom. The highest BCUT2D eigenvalue weighted by molar-refractivity contribution is 8.13. The summed E-state index contributed by atoms with van der Waals surface area (Å²) in [6, 6.07) is 9.13. The number of carbonyl (C=O) groups excluding carboxylic acids is 1. The Morgan fingerprint density at radius 2 is 2.14 bits per heavy atom. The van der Waals surface area contributed by atoms with E-state index in [4.69, 9.17) is 13.0 Å². The lowest BCUT2D eigenvalue weighted by molar-refractivity contribution is -0.119. The SMILES string of the molecule is [2H]C([2H])(O)[C@@H](O)C(=O)SCc1ccccc1. The summed E-state index contributed by atoms with van der Waals surface area (Å²) in [7, 11) is 0. The highest BCUT2D eigenvalue weighted by atomic mass is 32.2. The highest BCUT2D eigenvalue weighted by Gasteiger charge is 2.13. The third kappa shape index (κ3) is 3.49. The summed E-state index contributed by atoms with van der Waals surface area (Å²) < 4.78 is 13.6. The van der Waals surface area contributed by atoms with E-state index < -0.39 is 17.8 Å². The van der Waals surface area contributed by atoms with Gasteiger partial charge >= 0.3 is 0 Å². The number of carbonyl (C=O) groups is 1. The lowest BCUT2D eigenvalue weighted by atomic mass is 10.2. The minimum absolute atomic E-state index is 0.340. The van der Waals surface area contributed by atoms with Gasteiger partial charge in [0.1, 0.15) is 6.10 Å². The van der Waals surface area contributed by atoms with Crippen LogP contribution in [0.25, 0.3) is 0 Å². The van der Waals surface area contributed by atoms with Gasteiger partial charge in [0.2, 0.25) is 5.12 Å². The smallest absolute Gasteiger partial charge is 0.220 e. The number of hydrogen-bond acceptors (Lipinski definition) is 4. The maximum absolute atomic E-state index is 11.3. The first-order valence-corrected chi connectivity index (χ1v) is 5.01. The molecule has 1 aromatic rings. The molecule has 0 aromatic heterocycles.